The Bertz CT molecular complexity index is 758. The van der Waals surface area contributed by atoms with Crippen LogP contribution in [0.4, 0.5) is 0 Å². The van der Waals surface area contributed by atoms with Crippen molar-refractivity contribution in [3.8, 4) is 0 Å². The third-order valence-corrected chi connectivity index (χ3v) is 4.98. The van der Waals surface area contributed by atoms with Gasteiger partial charge in [0.2, 0.25) is 0 Å². The summed E-state index contributed by atoms with van der Waals surface area (Å²) in [6, 6.07) is 7.96. The van der Waals surface area contributed by atoms with Gasteiger partial charge in [0.05, 0.1) is 0 Å². The van der Waals surface area contributed by atoms with Crippen LogP contribution in [-0.2, 0) is 25.5 Å². The first-order valence-corrected chi connectivity index (χ1v) is 9.44. The fourth-order valence-corrected chi connectivity index (χ4v) is 3.46. The van der Waals surface area contributed by atoms with E-state index in [0.29, 0.717) is 32.1 Å². The number of benzene rings is 1. The molecule has 1 aliphatic carbocycles. The minimum Gasteiger partial charge on any atom is -0.481 e. The van der Waals surface area contributed by atoms with Crippen molar-refractivity contribution in [2.45, 2.75) is 50.7 Å². The minimum absolute atomic E-state index is 0.138. The van der Waals surface area contributed by atoms with Crippen molar-refractivity contribution >= 4 is 17.5 Å². The van der Waals surface area contributed by atoms with Crippen molar-refractivity contribution in [3.05, 3.63) is 53.1 Å². The summed E-state index contributed by atoms with van der Waals surface area (Å²) in [6.45, 7) is 0. The Labute approximate surface area is 165 Å². The molecule has 0 saturated carbocycles. The lowest BCUT2D eigenvalue weighted by atomic mass is 9.86. The molecule has 1 aromatic rings. The van der Waals surface area contributed by atoms with E-state index in [0.717, 1.165) is 22.3 Å². The number of ether oxygens (including phenoxy) is 2. The van der Waals surface area contributed by atoms with Gasteiger partial charge in [-0.05, 0) is 36.8 Å². The Kier molecular flexibility index (Phi) is 7.96. The molecule has 2 N–H and O–H groups in total. The van der Waals surface area contributed by atoms with Gasteiger partial charge < -0.3 is 19.7 Å². The average molecular weight is 388 g/mol. The SMILES string of the molecule is COC1(OC)CC=C(CCCC(=O)O)C=C1c1cccc(CCCC(=O)O)c1. The van der Waals surface area contributed by atoms with Crippen LogP contribution in [-0.4, -0.2) is 42.2 Å². The van der Waals surface area contributed by atoms with Crippen LogP contribution in [0.2, 0.25) is 0 Å². The highest BCUT2D eigenvalue weighted by molar-refractivity contribution is 5.75. The van der Waals surface area contributed by atoms with Crippen molar-refractivity contribution in [1.82, 2.24) is 0 Å². The molecule has 0 radical (unpaired) electrons. The van der Waals surface area contributed by atoms with E-state index >= 15 is 0 Å². The van der Waals surface area contributed by atoms with E-state index < -0.39 is 17.7 Å². The Balaban J connectivity index is 2.25. The molecule has 0 bridgehead atoms. The Morgan fingerprint density at radius 2 is 1.68 bits per heavy atom. The number of carboxylic acids is 2. The quantitative estimate of drug-likeness (QED) is 0.556. The molecule has 0 atom stereocenters. The minimum atomic E-state index is -0.893. The number of rotatable bonds is 11. The summed E-state index contributed by atoms with van der Waals surface area (Å²) in [5, 5.41) is 17.7. The number of hydrogen-bond donors (Lipinski definition) is 2. The van der Waals surface area contributed by atoms with Crippen LogP contribution in [0.3, 0.4) is 0 Å². The van der Waals surface area contributed by atoms with E-state index in [9.17, 15) is 9.59 Å². The molecule has 0 unspecified atom stereocenters. The lowest BCUT2D eigenvalue weighted by molar-refractivity contribution is -0.159. The average Bonchev–Trinajstić information content (AvgIpc) is 2.68. The van der Waals surface area contributed by atoms with Crippen LogP contribution in [0.15, 0.2) is 42.0 Å². The van der Waals surface area contributed by atoms with Gasteiger partial charge >= 0.3 is 11.9 Å². The molecular weight excluding hydrogens is 360 g/mol. The summed E-state index contributed by atoms with van der Waals surface area (Å²) in [5.41, 5.74) is 3.98. The molecule has 0 aliphatic heterocycles. The molecule has 0 saturated heterocycles. The van der Waals surface area contributed by atoms with Crippen LogP contribution in [0, 0.1) is 0 Å². The smallest absolute Gasteiger partial charge is 0.303 e. The molecule has 6 heteroatoms. The molecule has 0 spiro atoms. The topological polar surface area (TPSA) is 93.1 Å². The predicted molar refractivity (Wildman–Crippen MR) is 106 cm³/mol. The molecule has 0 fully saturated rings. The normalized spacial score (nSPS) is 15.6. The molecule has 6 nitrogen and oxygen atoms in total. The van der Waals surface area contributed by atoms with Gasteiger partial charge in [-0.25, -0.2) is 0 Å². The van der Waals surface area contributed by atoms with Gasteiger partial charge in [-0.1, -0.05) is 42.0 Å². The largest absolute Gasteiger partial charge is 0.481 e. The van der Waals surface area contributed by atoms with Crippen LogP contribution in [0.1, 0.15) is 49.7 Å². The lowest BCUT2D eigenvalue weighted by Gasteiger charge is -2.36. The number of aryl methyl sites for hydroxylation is 1. The summed E-state index contributed by atoms with van der Waals surface area (Å²) in [4.78, 5) is 21.5. The second-order valence-electron chi connectivity index (χ2n) is 6.90. The van der Waals surface area contributed by atoms with Gasteiger partial charge in [-0.2, -0.15) is 0 Å². The van der Waals surface area contributed by atoms with E-state index in [1.54, 1.807) is 14.2 Å². The van der Waals surface area contributed by atoms with Gasteiger partial charge in [0.25, 0.3) is 0 Å². The van der Waals surface area contributed by atoms with E-state index in [4.69, 9.17) is 19.7 Å². The lowest BCUT2D eigenvalue weighted by Crippen LogP contribution is -2.36. The van der Waals surface area contributed by atoms with E-state index in [1.807, 2.05) is 36.4 Å². The second-order valence-corrected chi connectivity index (χ2v) is 6.90. The van der Waals surface area contributed by atoms with Gasteiger partial charge in [0, 0.05) is 39.1 Å². The van der Waals surface area contributed by atoms with Crippen molar-refractivity contribution in [1.29, 1.82) is 0 Å². The molecule has 152 valence electrons. The maximum Gasteiger partial charge on any atom is 0.303 e. The van der Waals surface area contributed by atoms with Crippen LogP contribution in [0.25, 0.3) is 5.57 Å². The maximum atomic E-state index is 10.8. The highest BCUT2D eigenvalue weighted by Crippen LogP contribution is 2.39. The first kappa shape index (κ1) is 21.9. The Hall–Kier alpha value is -2.44. The van der Waals surface area contributed by atoms with Gasteiger partial charge in [-0.3, -0.25) is 9.59 Å². The van der Waals surface area contributed by atoms with Crippen LogP contribution in [0.5, 0.6) is 0 Å². The number of aliphatic carboxylic acids is 2. The second kappa shape index (κ2) is 10.2. The third kappa shape index (κ3) is 5.78. The standard InChI is InChI=1S/C22H28O6/c1-27-22(28-2)13-12-17(8-5-11-21(25)26)15-19(22)18-9-3-6-16(14-18)7-4-10-20(23)24/h3,6,9,12,14-15H,4-5,7-8,10-11,13H2,1-2H3,(H,23,24)(H,25,26). The zero-order valence-corrected chi connectivity index (χ0v) is 16.4. The highest BCUT2D eigenvalue weighted by atomic mass is 16.7. The fraction of sp³-hybridized carbons (Fsp3) is 0.455. The number of allylic oxidation sites excluding steroid dienone is 2. The van der Waals surface area contributed by atoms with E-state index in [-0.39, 0.29) is 12.8 Å². The Morgan fingerprint density at radius 3 is 2.29 bits per heavy atom. The fourth-order valence-electron chi connectivity index (χ4n) is 3.46. The number of methoxy groups -OCH3 is 2. The molecule has 0 aromatic heterocycles. The Morgan fingerprint density at radius 1 is 1.04 bits per heavy atom. The third-order valence-electron chi connectivity index (χ3n) is 4.98. The molecule has 0 heterocycles. The predicted octanol–water partition coefficient (Wildman–Crippen LogP) is 4.05. The van der Waals surface area contributed by atoms with Gasteiger partial charge in [0.15, 0.2) is 5.79 Å². The summed E-state index contributed by atoms with van der Waals surface area (Å²) in [5.74, 6) is -2.48. The summed E-state index contributed by atoms with van der Waals surface area (Å²) in [6.07, 6.45) is 7.40. The zero-order chi connectivity index (χ0) is 20.6. The van der Waals surface area contributed by atoms with Crippen LogP contribution >= 0.6 is 0 Å². The maximum absolute atomic E-state index is 10.8. The molecule has 2 rings (SSSR count). The number of carboxylic acid groups (broad SMARTS) is 2. The summed E-state index contributed by atoms with van der Waals surface area (Å²) < 4.78 is 11.5. The molecule has 28 heavy (non-hydrogen) atoms. The highest BCUT2D eigenvalue weighted by Gasteiger charge is 2.36. The molecular formula is C22H28O6. The van der Waals surface area contributed by atoms with Gasteiger partial charge in [0.1, 0.15) is 0 Å². The summed E-state index contributed by atoms with van der Waals surface area (Å²) >= 11 is 0. The molecule has 1 aromatic carbocycles. The van der Waals surface area contributed by atoms with Crippen molar-refractivity contribution in [2.24, 2.45) is 0 Å². The monoisotopic (exact) mass is 388 g/mol. The van der Waals surface area contributed by atoms with Crippen molar-refractivity contribution in [2.75, 3.05) is 14.2 Å². The zero-order valence-electron chi connectivity index (χ0n) is 16.4. The molecule has 1 aliphatic rings. The number of hydrogen-bond acceptors (Lipinski definition) is 4. The molecule has 0 amide bonds. The van der Waals surface area contributed by atoms with Crippen molar-refractivity contribution in [3.63, 3.8) is 0 Å². The van der Waals surface area contributed by atoms with Crippen molar-refractivity contribution < 1.29 is 29.3 Å². The number of carbonyl (C=O) groups is 2. The summed E-state index contributed by atoms with van der Waals surface area (Å²) in [7, 11) is 3.22. The van der Waals surface area contributed by atoms with E-state index in [1.165, 1.54) is 0 Å². The first-order chi connectivity index (χ1) is 13.4. The first-order valence-electron chi connectivity index (χ1n) is 9.44. The van der Waals surface area contributed by atoms with E-state index in [2.05, 4.69) is 0 Å². The van der Waals surface area contributed by atoms with Crippen LogP contribution < -0.4 is 0 Å². The van der Waals surface area contributed by atoms with Gasteiger partial charge in [-0.15, -0.1) is 0 Å².